The second kappa shape index (κ2) is 10.9. The number of carbonyl (C=O) groups excluding carboxylic acids is 1. The molecule has 1 fully saturated rings. The Kier molecular flexibility index (Phi) is 8.26. The molecule has 0 radical (unpaired) electrons. The summed E-state index contributed by atoms with van der Waals surface area (Å²) in [5, 5.41) is 11.9. The van der Waals surface area contributed by atoms with Crippen LogP contribution in [-0.2, 0) is 4.79 Å². The van der Waals surface area contributed by atoms with Crippen molar-refractivity contribution >= 4 is 52.8 Å². The van der Waals surface area contributed by atoms with Crippen molar-refractivity contribution in [3.63, 3.8) is 0 Å². The molecule has 1 aliphatic heterocycles. The van der Waals surface area contributed by atoms with Crippen molar-refractivity contribution < 1.29 is 19.4 Å². The van der Waals surface area contributed by atoms with Crippen LogP contribution in [0.5, 0.6) is 5.75 Å². The van der Waals surface area contributed by atoms with Gasteiger partial charge in [-0.1, -0.05) is 30.3 Å². The van der Waals surface area contributed by atoms with Gasteiger partial charge in [-0.2, -0.15) is 0 Å². The van der Waals surface area contributed by atoms with Crippen LogP contribution in [0.4, 0.5) is 0 Å². The van der Waals surface area contributed by atoms with E-state index in [0.29, 0.717) is 12.3 Å². The van der Waals surface area contributed by atoms with Gasteiger partial charge in [-0.3, -0.25) is 4.79 Å². The number of carboxylic acid groups (broad SMARTS) is 1. The molecular formula is C23H23N2NaO4S. The van der Waals surface area contributed by atoms with E-state index in [1.54, 1.807) is 24.3 Å². The minimum atomic E-state index is -0.949. The number of aromatic carboxylic acids is 1. The van der Waals surface area contributed by atoms with Crippen LogP contribution in [0.2, 0.25) is 0 Å². The molecule has 3 aromatic rings. The Bertz CT molecular complexity index is 1020. The number of para-hydroxylation sites is 1. The summed E-state index contributed by atoms with van der Waals surface area (Å²) < 4.78 is 5.65. The van der Waals surface area contributed by atoms with Crippen molar-refractivity contribution in [3.8, 4) is 17.0 Å². The molecule has 0 spiro atoms. The second-order valence-electron chi connectivity index (χ2n) is 7.15. The van der Waals surface area contributed by atoms with E-state index in [1.807, 2.05) is 40.6 Å². The Morgan fingerprint density at radius 3 is 2.55 bits per heavy atom. The molecule has 0 unspecified atom stereocenters. The Labute approximate surface area is 207 Å². The van der Waals surface area contributed by atoms with E-state index >= 15 is 0 Å². The number of carbonyl (C=O) groups is 2. The number of benzene rings is 2. The van der Waals surface area contributed by atoms with E-state index < -0.39 is 5.97 Å². The van der Waals surface area contributed by atoms with E-state index in [1.165, 1.54) is 11.3 Å². The van der Waals surface area contributed by atoms with Gasteiger partial charge in [0.2, 0.25) is 0 Å². The fourth-order valence-electron chi connectivity index (χ4n) is 3.59. The third-order valence-electron chi connectivity index (χ3n) is 5.16. The van der Waals surface area contributed by atoms with Gasteiger partial charge >= 0.3 is 35.5 Å². The van der Waals surface area contributed by atoms with Gasteiger partial charge < -0.3 is 14.7 Å². The normalized spacial score (nSPS) is 15.7. The molecule has 1 aromatic heterocycles. The third-order valence-corrected chi connectivity index (χ3v) is 6.11. The number of thiazole rings is 1. The number of ether oxygens (including phenoxy) is 1. The number of hydrogen-bond acceptors (Lipinski definition) is 5. The predicted molar refractivity (Wildman–Crippen MR) is 122 cm³/mol. The Hall–Kier alpha value is -2.19. The van der Waals surface area contributed by atoms with Gasteiger partial charge in [0.15, 0.2) is 6.61 Å². The first-order valence-corrected chi connectivity index (χ1v) is 10.8. The molecule has 1 N–H and O–H groups in total. The van der Waals surface area contributed by atoms with Crippen molar-refractivity contribution in [3.05, 3.63) is 70.5 Å². The molecule has 2 aromatic carbocycles. The van der Waals surface area contributed by atoms with Gasteiger partial charge in [-0.15, -0.1) is 11.3 Å². The summed E-state index contributed by atoms with van der Waals surface area (Å²) in [6.45, 7) is 0.708. The summed E-state index contributed by atoms with van der Waals surface area (Å²) in [5.74, 6) is -0.304. The number of piperidine rings is 1. The summed E-state index contributed by atoms with van der Waals surface area (Å²) in [7, 11) is 0. The van der Waals surface area contributed by atoms with Crippen molar-refractivity contribution in [2.75, 3.05) is 13.2 Å². The number of carboxylic acids is 1. The number of amides is 1. The second-order valence-corrected chi connectivity index (χ2v) is 8.04. The topological polar surface area (TPSA) is 79.7 Å². The Balaban J connectivity index is 0.00000272. The van der Waals surface area contributed by atoms with Gasteiger partial charge in [-0.05, 0) is 43.5 Å². The zero-order valence-electron chi connectivity index (χ0n) is 16.4. The first-order chi connectivity index (χ1) is 14.6. The SMILES string of the molecule is O=C(O)c1ccc(-c2csc([C@H]3CCCCN3C(=O)COc3ccccc3)n2)cc1.[NaH]. The van der Waals surface area contributed by atoms with E-state index in [0.717, 1.165) is 35.5 Å². The number of rotatable bonds is 6. The molecule has 31 heavy (non-hydrogen) atoms. The quantitative estimate of drug-likeness (QED) is 0.579. The fraction of sp³-hybridized carbons (Fsp3) is 0.261. The van der Waals surface area contributed by atoms with Crippen LogP contribution in [0.3, 0.4) is 0 Å². The van der Waals surface area contributed by atoms with Crippen LogP contribution >= 0.6 is 11.3 Å². The summed E-state index contributed by atoms with van der Waals surface area (Å²) in [6.07, 6.45) is 2.90. The maximum absolute atomic E-state index is 12.9. The average molecular weight is 447 g/mol. The van der Waals surface area contributed by atoms with Crippen molar-refractivity contribution in [1.29, 1.82) is 0 Å². The third kappa shape index (κ3) is 5.74. The van der Waals surface area contributed by atoms with Gasteiger partial charge in [0, 0.05) is 17.5 Å². The summed E-state index contributed by atoms with van der Waals surface area (Å²) in [6, 6.07) is 16.0. The minimum absolute atomic E-state index is 0. The Morgan fingerprint density at radius 2 is 1.84 bits per heavy atom. The van der Waals surface area contributed by atoms with Gasteiger partial charge in [-0.25, -0.2) is 9.78 Å². The average Bonchev–Trinajstić information content (AvgIpc) is 3.28. The number of hydrogen-bond donors (Lipinski definition) is 1. The molecule has 1 amide bonds. The molecule has 2 heterocycles. The van der Waals surface area contributed by atoms with Gasteiger partial charge in [0.05, 0.1) is 17.3 Å². The van der Waals surface area contributed by atoms with Gasteiger partial charge in [0.1, 0.15) is 10.8 Å². The van der Waals surface area contributed by atoms with Crippen LogP contribution in [0.15, 0.2) is 60.0 Å². The molecule has 1 saturated heterocycles. The predicted octanol–water partition coefficient (Wildman–Crippen LogP) is 3.99. The zero-order chi connectivity index (χ0) is 20.9. The molecule has 0 saturated carbocycles. The van der Waals surface area contributed by atoms with E-state index in [4.69, 9.17) is 14.8 Å². The number of nitrogens with zero attached hydrogens (tertiary/aromatic N) is 2. The van der Waals surface area contributed by atoms with Gasteiger partial charge in [0.25, 0.3) is 5.91 Å². The van der Waals surface area contributed by atoms with Crippen LogP contribution in [0.1, 0.15) is 40.7 Å². The number of aromatic nitrogens is 1. The molecule has 0 bridgehead atoms. The molecule has 156 valence electrons. The molecule has 1 atom stereocenters. The molecule has 6 nitrogen and oxygen atoms in total. The summed E-state index contributed by atoms with van der Waals surface area (Å²) in [4.78, 5) is 30.5. The molecule has 1 aliphatic rings. The first kappa shape index (κ1) is 23.5. The van der Waals surface area contributed by atoms with Crippen molar-refractivity contribution in [1.82, 2.24) is 9.88 Å². The van der Waals surface area contributed by atoms with Crippen LogP contribution in [0, 0.1) is 0 Å². The zero-order valence-corrected chi connectivity index (χ0v) is 17.2. The monoisotopic (exact) mass is 446 g/mol. The van der Waals surface area contributed by atoms with E-state index in [2.05, 4.69) is 0 Å². The fourth-order valence-corrected chi connectivity index (χ4v) is 4.56. The van der Waals surface area contributed by atoms with Crippen LogP contribution in [0.25, 0.3) is 11.3 Å². The van der Waals surface area contributed by atoms with Crippen LogP contribution in [-0.4, -0.2) is 69.6 Å². The molecular weight excluding hydrogens is 423 g/mol. The molecule has 0 aliphatic carbocycles. The maximum atomic E-state index is 12.9. The number of likely N-dealkylation sites (tertiary alicyclic amines) is 1. The Morgan fingerprint density at radius 1 is 1.10 bits per heavy atom. The van der Waals surface area contributed by atoms with E-state index in [-0.39, 0.29) is 53.7 Å². The summed E-state index contributed by atoms with van der Waals surface area (Å²) in [5.41, 5.74) is 1.91. The molecule has 8 heteroatoms. The van der Waals surface area contributed by atoms with Crippen LogP contribution < -0.4 is 4.74 Å². The first-order valence-electron chi connectivity index (χ1n) is 9.88. The summed E-state index contributed by atoms with van der Waals surface area (Å²) >= 11 is 1.53. The van der Waals surface area contributed by atoms with Crippen molar-refractivity contribution in [2.45, 2.75) is 25.3 Å². The van der Waals surface area contributed by atoms with E-state index in [9.17, 15) is 9.59 Å². The van der Waals surface area contributed by atoms with Crippen molar-refractivity contribution in [2.24, 2.45) is 0 Å². The standard InChI is InChI=1S/C23H22N2O4S.Na.H/c26-21(14-29-18-6-2-1-3-7-18)25-13-5-4-8-20(25)22-24-19(15-30-22)16-9-11-17(12-10-16)23(27)28;;/h1-3,6-7,9-12,15,20H,4-5,8,13-14H2,(H,27,28);;/t20-;;/m1../s1. The molecule has 4 rings (SSSR count).